The normalized spacial score (nSPS) is 10.2. The van der Waals surface area contributed by atoms with Crippen molar-refractivity contribution in [1.29, 1.82) is 0 Å². The van der Waals surface area contributed by atoms with E-state index in [0.717, 1.165) is 11.1 Å². The molecule has 0 aliphatic rings. The van der Waals surface area contributed by atoms with E-state index in [2.05, 4.69) is 9.97 Å². The van der Waals surface area contributed by atoms with E-state index in [1.807, 2.05) is 0 Å². The van der Waals surface area contributed by atoms with Crippen molar-refractivity contribution in [1.82, 2.24) is 9.97 Å². The summed E-state index contributed by atoms with van der Waals surface area (Å²) >= 11 is 5.69. The Morgan fingerprint density at radius 1 is 1.29 bits per heavy atom. The van der Waals surface area contributed by atoms with Gasteiger partial charge in [0.15, 0.2) is 0 Å². The summed E-state index contributed by atoms with van der Waals surface area (Å²) in [6.45, 7) is 1.75. The van der Waals surface area contributed by atoms with Crippen LogP contribution in [0.15, 0.2) is 30.5 Å². The minimum absolute atomic E-state index is 0.0231. The number of aromatic carboxylic acids is 1. The average molecular weight is 249 g/mol. The molecule has 0 bridgehead atoms. The summed E-state index contributed by atoms with van der Waals surface area (Å²) in [6, 6.07) is 6.76. The summed E-state index contributed by atoms with van der Waals surface area (Å²) in [5.41, 5.74) is 2.24. The van der Waals surface area contributed by atoms with Crippen molar-refractivity contribution in [2.24, 2.45) is 0 Å². The van der Waals surface area contributed by atoms with Gasteiger partial charge in [0.25, 0.3) is 0 Å². The quantitative estimate of drug-likeness (QED) is 0.830. The zero-order valence-corrected chi connectivity index (χ0v) is 9.77. The number of hydrogen-bond donors (Lipinski definition) is 1. The van der Waals surface area contributed by atoms with Crippen LogP contribution >= 0.6 is 11.6 Å². The number of carboxylic acid groups (broad SMARTS) is 1. The molecule has 0 amide bonds. The third-order valence-electron chi connectivity index (χ3n) is 2.23. The molecular weight excluding hydrogens is 240 g/mol. The highest BCUT2D eigenvalue weighted by atomic mass is 35.5. The smallest absolute Gasteiger partial charge is 0.354 e. The summed E-state index contributed by atoms with van der Waals surface area (Å²) in [5.74, 6) is -1.04. The van der Waals surface area contributed by atoms with Crippen LogP contribution < -0.4 is 0 Å². The summed E-state index contributed by atoms with van der Waals surface area (Å²) in [5, 5.41) is 9.33. The van der Waals surface area contributed by atoms with E-state index < -0.39 is 5.97 Å². The lowest BCUT2D eigenvalue weighted by molar-refractivity contribution is 0.0690. The summed E-state index contributed by atoms with van der Waals surface area (Å²) < 4.78 is 0. The Labute approximate surface area is 103 Å². The molecule has 2 heterocycles. The lowest BCUT2D eigenvalue weighted by Crippen LogP contribution is -2.01. The van der Waals surface area contributed by atoms with Crippen LogP contribution in [0.5, 0.6) is 0 Å². The van der Waals surface area contributed by atoms with Crippen molar-refractivity contribution in [2.75, 3.05) is 0 Å². The highest BCUT2D eigenvalue weighted by Crippen LogP contribution is 2.21. The molecule has 2 aromatic heterocycles. The molecule has 0 aliphatic carbocycles. The Morgan fingerprint density at radius 2 is 2.06 bits per heavy atom. The van der Waals surface area contributed by atoms with Gasteiger partial charge in [0.2, 0.25) is 0 Å². The van der Waals surface area contributed by atoms with Gasteiger partial charge in [-0.1, -0.05) is 11.6 Å². The summed E-state index contributed by atoms with van der Waals surface area (Å²) in [7, 11) is 0. The molecule has 2 aromatic rings. The molecule has 0 spiro atoms. The van der Waals surface area contributed by atoms with Crippen LogP contribution in [0.25, 0.3) is 11.1 Å². The van der Waals surface area contributed by atoms with Crippen LogP contribution in [0.1, 0.15) is 16.2 Å². The summed E-state index contributed by atoms with van der Waals surface area (Å²) in [6.07, 6.45) is 1.60. The largest absolute Gasteiger partial charge is 0.477 e. The van der Waals surface area contributed by atoms with Gasteiger partial charge in [0, 0.05) is 17.5 Å². The zero-order valence-electron chi connectivity index (χ0n) is 9.01. The van der Waals surface area contributed by atoms with E-state index in [1.165, 1.54) is 6.07 Å². The molecule has 0 aliphatic heterocycles. The van der Waals surface area contributed by atoms with Gasteiger partial charge in [-0.15, -0.1) is 0 Å². The van der Waals surface area contributed by atoms with Gasteiger partial charge in [-0.05, 0) is 36.8 Å². The predicted molar refractivity (Wildman–Crippen MR) is 64.2 cm³/mol. The van der Waals surface area contributed by atoms with E-state index in [0.29, 0.717) is 10.8 Å². The molecule has 0 radical (unpaired) electrons. The molecule has 0 fully saturated rings. The van der Waals surface area contributed by atoms with Crippen LogP contribution in [0, 0.1) is 6.92 Å². The lowest BCUT2D eigenvalue weighted by Gasteiger charge is -2.04. The molecule has 4 nitrogen and oxygen atoms in total. The van der Waals surface area contributed by atoms with Crippen molar-refractivity contribution in [3.05, 3.63) is 47.0 Å². The van der Waals surface area contributed by atoms with Crippen molar-refractivity contribution in [2.45, 2.75) is 6.92 Å². The van der Waals surface area contributed by atoms with Gasteiger partial charge in [-0.3, -0.25) is 0 Å². The fraction of sp³-hybridized carbons (Fsp3) is 0.0833. The maximum absolute atomic E-state index is 10.9. The molecule has 1 N–H and O–H groups in total. The first-order chi connectivity index (χ1) is 8.06. The van der Waals surface area contributed by atoms with Crippen LogP contribution in [-0.4, -0.2) is 21.0 Å². The van der Waals surface area contributed by atoms with Gasteiger partial charge in [-0.25, -0.2) is 14.8 Å². The summed E-state index contributed by atoms with van der Waals surface area (Å²) in [4.78, 5) is 18.8. The predicted octanol–water partition coefficient (Wildman–Crippen LogP) is 2.80. The molecule has 0 aromatic carbocycles. The van der Waals surface area contributed by atoms with Crippen LogP contribution in [0.4, 0.5) is 0 Å². The van der Waals surface area contributed by atoms with Gasteiger partial charge in [0.05, 0.1) is 0 Å². The number of rotatable bonds is 2. The van der Waals surface area contributed by atoms with Crippen LogP contribution in [-0.2, 0) is 0 Å². The van der Waals surface area contributed by atoms with E-state index in [4.69, 9.17) is 16.7 Å². The highest BCUT2D eigenvalue weighted by molar-refractivity contribution is 6.29. The van der Waals surface area contributed by atoms with E-state index in [9.17, 15) is 4.79 Å². The van der Waals surface area contributed by atoms with Crippen molar-refractivity contribution >= 4 is 17.6 Å². The molecule has 5 heteroatoms. The molecule has 2 rings (SSSR count). The fourth-order valence-electron chi connectivity index (χ4n) is 1.49. The molecule has 0 saturated heterocycles. The third kappa shape index (κ3) is 2.60. The first kappa shape index (κ1) is 11.5. The second-order valence-electron chi connectivity index (χ2n) is 3.56. The Kier molecular flexibility index (Phi) is 3.06. The Hall–Kier alpha value is -1.94. The molecular formula is C12H9ClN2O2. The number of aryl methyl sites for hydroxylation is 1. The monoisotopic (exact) mass is 248 g/mol. The molecule has 0 atom stereocenters. The minimum Gasteiger partial charge on any atom is -0.477 e. The lowest BCUT2D eigenvalue weighted by atomic mass is 10.1. The molecule has 0 unspecified atom stereocenters. The average Bonchev–Trinajstić information content (AvgIpc) is 2.29. The standard InChI is InChI=1S/C12H9ClN2O2/c1-7-4-9(5-10(15-7)12(16)17)8-2-3-11(13)14-6-8/h2-6H,1H3,(H,16,17). The number of carbonyl (C=O) groups is 1. The van der Waals surface area contributed by atoms with Crippen LogP contribution in [0.2, 0.25) is 5.15 Å². The van der Waals surface area contributed by atoms with E-state index in [1.54, 1.807) is 31.3 Å². The van der Waals surface area contributed by atoms with Gasteiger partial charge >= 0.3 is 5.97 Å². The highest BCUT2D eigenvalue weighted by Gasteiger charge is 2.08. The number of hydrogen-bond acceptors (Lipinski definition) is 3. The molecule has 0 saturated carbocycles. The number of carboxylic acids is 1. The maximum atomic E-state index is 10.9. The van der Waals surface area contributed by atoms with Gasteiger partial charge in [0.1, 0.15) is 10.8 Å². The van der Waals surface area contributed by atoms with Gasteiger partial charge < -0.3 is 5.11 Å². The second kappa shape index (κ2) is 4.51. The van der Waals surface area contributed by atoms with E-state index >= 15 is 0 Å². The number of nitrogens with zero attached hydrogens (tertiary/aromatic N) is 2. The Balaban J connectivity index is 2.51. The number of pyridine rings is 2. The molecule has 17 heavy (non-hydrogen) atoms. The first-order valence-corrected chi connectivity index (χ1v) is 5.28. The van der Waals surface area contributed by atoms with Crippen molar-refractivity contribution < 1.29 is 9.90 Å². The van der Waals surface area contributed by atoms with Crippen LogP contribution in [0.3, 0.4) is 0 Å². The SMILES string of the molecule is Cc1cc(-c2ccc(Cl)nc2)cc(C(=O)O)n1. The molecule has 86 valence electrons. The number of halogens is 1. The Morgan fingerprint density at radius 3 is 2.65 bits per heavy atom. The second-order valence-corrected chi connectivity index (χ2v) is 3.94. The van der Waals surface area contributed by atoms with Crippen molar-refractivity contribution in [3.63, 3.8) is 0 Å². The maximum Gasteiger partial charge on any atom is 0.354 e. The van der Waals surface area contributed by atoms with E-state index in [-0.39, 0.29) is 5.69 Å². The number of aromatic nitrogens is 2. The minimum atomic E-state index is -1.04. The zero-order chi connectivity index (χ0) is 12.4. The van der Waals surface area contributed by atoms with Crippen molar-refractivity contribution in [3.8, 4) is 11.1 Å². The topological polar surface area (TPSA) is 63.1 Å². The third-order valence-corrected chi connectivity index (χ3v) is 2.46. The first-order valence-electron chi connectivity index (χ1n) is 4.90. The fourth-order valence-corrected chi connectivity index (χ4v) is 1.60. The van der Waals surface area contributed by atoms with Gasteiger partial charge in [-0.2, -0.15) is 0 Å². The Bertz CT molecular complexity index is 567.